The third kappa shape index (κ3) is 4.49. The zero-order valence-corrected chi connectivity index (χ0v) is 19.3. The molecular weight excluding hydrogens is 493 g/mol. The van der Waals surface area contributed by atoms with Crippen molar-refractivity contribution in [1.82, 2.24) is 24.5 Å². The van der Waals surface area contributed by atoms with Crippen molar-refractivity contribution in [3.8, 4) is 5.75 Å². The predicted octanol–water partition coefficient (Wildman–Crippen LogP) is 3.90. The molecule has 1 saturated heterocycles. The number of nitrogens with one attached hydrogen (secondary N) is 2. The minimum Gasteiger partial charge on any atom is -0.493 e. The summed E-state index contributed by atoms with van der Waals surface area (Å²) in [6, 6.07) is 5.57. The van der Waals surface area contributed by atoms with E-state index in [4.69, 9.17) is 4.74 Å². The molecule has 0 spiro atoms. The van der Waals surface area contributed by atoms with Crippen molar-refractivity contribution < 1.29 is 26.3 Å². The lowest BCUT2D eigenvalue weighted by atomic mass is 9.85. The van der Waals surface area contributed by atoms with Crippen LogP contribution in [0.15, 0.2) is 41.7 Å². The number of ether oxygens (including phenoxy) is 1. The van der Waals surface area contributed by atoms with Gasteiger partial charge in [-0.2, -0.15) is 22.6 Å². The summed E-state index contributed by atoms with van der Waals surface area (Å²) in [6.07, 6.45) is -0.980. The van der Waals surface area contributed by atoms with Crippen molar-refractivity contribution in [2.24, 2.45) is 5.92 Å². The summed E-state index contributed by atoms with van der Waals surface area (Å²) >= 11 is 0.916. The maximum absolute atomic E-state index is 13.5. The van der Waals surface area contributed by atoms with E-state index < -0.39 is 28.2 Å². The summed E-state index contributed by atoms with van der Waals surface area (Å²) in [6.45, 7) is 0.566. The summed E-state index contributed by atoms with van der Waals surface area (Å²) in [5, 5.41) is 6.92. The number of hydrogen-bond acceptors (Lipinski definition) is 8. The number of aromatic amines is 1. The molecule has 2 aromatic heterocycles. The average Bonchev–Trinajstić information content (AvgIpc) is 3.51. The maximum atomic E-state index is 13.5. The number of fused-ring (bicyclic) bond motifs is 1. The Morgan fingerprint density at radius 2 is 2.06 bits per heavy atom. The topological polar surface area (TPSA) is 113 Å². The van der Waals surface area contributed by atoms with Gasteiger partial charge in [0.15, 0.2) is 0 Å². The Labute approximate surface area is 197 Å². The van der Waals surface area contributed by atoms with Gasteiger partial charge in [0, 0.05) is 48.4 Å². The third-order valence-corrected chi connectivity index (χ3v) is 8.32. The highest BCUT2D eigenvalue weighted by Crippen LogP contribution is 2.47. The summed E-state index contributed by atoms with van der Waals surface area (Å²) < 4.78 is 78.0. The molecule has 0 unspecified atom stereocenters. The first-order chi connectivity index (χ1) is 16.2. The van der Waals surface area contributed by atoms with E-state index in [0.717, 1.165) is 17.1 Å². The minimum atomic E-state index is -4.26. The van der Waals surface area contributed by atoms with Gasteiger partial charge >= 0.3 is 6.18 Å². The van der Waals surface area contributed by atoms with Crippen molar-refractivity contribution >= 4 is 26.7 Å². The molecule has 2 aliphatic rings. The quantitative estimate of drug-likeness (QED) is 0.531. The van der Waals surface area contributed by atoms with E-state index in [0.29, 0.717) is 24.5 Å². The number of anilines is 1. The summed E-state index contributed by atoms with van der Waals surface area (Å²) in [5.41, 5.74) is 1.37. The fraction of sp³-hybridized carbons (Fsp3) is 0.450. The van der Waals surface area contributed by atoms with Crippen molar-refractivity contribution in [3.63, 3.8) is 0 Å². The van der Waals surface area contributed by atoms with E-state index in [1.807, 2.05) is 4.90 Å². The van der Waals surface area contributed by atoms with E-state index in [-0.39, 0.29) is 35.5 Å². The number of nitrogens with zero attached hydrogens (tertiary/aromatic N) is 4. The molecule has 1 fully saturated rings. The standard InChI is InChI=1S/C20H21F3N6O3S2/c21-20(22,23)12-4-7-29(17(9-12)15-3-6-25-27-15)16-5-8-32-18-10-13(1-2-14(16)18)34(30,31)28-19-24-11-26-33-19/h1-3,6,10-12,16-17H,4-5,7-9H2,(H,25,27)(H,24,26,28)/t12-,16-,17+/m1/s1. The molecule has 3 aromatic rings. The molecule has 0 amide bonds. The molecule has 182 valence electrons. The molecule has 0 aliphatic carbocycles. The van der Waals surface area contributed by atoms with Crippen LogP contribution in [-0.2, 0) is 10.0 Å². The normalized spacial score (nSPS) is 23.8. The second-order valence-corrected chi connectivity index (χ2v) is 10.7. The van der Waals surface area contributed by atoms with Gasteiger partial charge in [0.2, 0.25) is 5.13 Å². The molecule has 9 nitrogen and oxygen atoms in total. The molecule has 5 rings (SSSR count). The van der Waals surface area contributed by atoms with Crippen LogP contribution in [0.25, 0.3) is 0 Å². The SMILES string of the molecule is O=S(=O)(Nc1ncns1)c1ccc2c(c1)OCC[C@H]2N1CC[C@@H](C(F)(F)F)C[C@H]1c1ccn[nH]1. The molecule has 0 bridgehead atoms. The smallest absolute Gasteiger partial charge is 0.391 e. The molecular formula is C20H21F3N6O3S2. The average molecular weight is 515 g/mol. The van der Waals surface area contributed by atoms with Crippen LogP contribution in [0.1, 0.15) is 42.6 Å². The highest BCUT2D eigenvalue weighted by atomic mass is 32.2. The highest BCUT2D eigenvalue weighted by molar-refractivity contribution is 7.93. The zero-order valence-electron chi connectivity index (χ0n) is 17.7. The highest BCUT2D eigenvalue weighted by Gasteiger charge is 2.47. The second kappa shape index (κ2) is 8.82. The fourth-order valence-corrected chi connectivity index (χ4v) is 6.34. The Hall–Kier alpha value is -2.71. The van der Waals surface area contributed by atoms with Crippen LogP contribution in [0.3, 0.4) is 0 Å². The molecule has 3 atom stereocenters. The van der Waals surface area contributed by atoms with Gasteiger partial charge in [0.25, 0.3) is 10.0 Å². The van der Waals surface area contributed by atoms with E-state index >= 15 is 0 Å². The zero-order chi connectivity index (χ0) is 23.9. The van der Waals surface area contributed by atoms with Crippen LogP contribution >= 0.6 is 11.5 Å². The molecule has 0 radical (unpaired) electrons. The van der Waals surface area contributed by atoms with Gasteiger partial charge in [-0.1, -0.05) is 6.07 Å². The molecule has 2 N–H and O–H groups in total. The summed E-state index contributed by atoms with van der Waals surface area (Å²) in [5.74, 6) is -0.993. The monoisotopic (exact) mass is 514 g/mol. The molecule has 34 heavy (non-hydrogen) atoms. The third-order valence-electron chi connectivity index (χ3n) is 6.27. The number of hydrogen-bond donors (Lipinski definition) is 2. The van der Waals surface area contributed by atoms with Crippen molar-refractivity contribution in [3.05, 3.63) is 48.0 Å². The van der Waals surface area contributed by atoms with Crippen LogP contribution in [0.5, 0.6) is 5.75 Å². The van der Waals surface area contributed by atoms with Crippen LogP contribution < -0.4 is 9.46 Å². The first kappa shape index (κ1) is 23.1. The number of alkyl halides is 3. The lowest BCUT2D eigenvalue weighted by Gasteiger charge is -2.45. The fourth-order valence-electron chi connectivity index (χ4n) is 4.67. The number of sulfonamides is 1. The van der Waals surface area contributed by atoms with Gasteiger partial charge in [-0.25, -0.2) is 13.4 Å². The second-order valence-electron chi connectivity index (χ2n) is 8.23. The first-order valence-electron chi connectivity index (χ1n) is 10.6. The minimum absolute atomic E-state index is 0.000933. The van der Waals surface area contributed by atoms with Crippen molar-refractivity contribution in [2.75, 3.05) is 17.9 Å². The van der Waals surface area contributed by atoms with E-state index in [9.17, 15) is 21.6 Å². The van der Waals surface area contributed by atoms with E-state index in [1.54, 1.807) is 12.1 Å². The molecule has 4 heterocycles. The maximum Gasteiger partial charge on any atom is 0.391 e. The van der Waals surface area contributed by atoms with E-state index in [1.165, 1.54) is 24.7 Å². The lowest BCUT2D eigenvalue weighted by molar-refractivity contribution is -0.192. The van der Waals surface area contributed by atoms with Crippen LogP contribution in [0.2, 0.25) is 0 Å². The number of benzene rings is 1. The van der Waals surface area contributed by atoms with Gasteiger partial charge in [0.05, 0.1) is 29.2 Å². The lowest BCUT2D eigenvalue weighted by Crippen LogP contribution is -2.44. The summed E-state index contributed by atoms with van der Waals surface area (Å²) in [4.78, 5) is 5.88. The number of H-pyrrole nitrogens is 1. The number of aromatic nitrogens is 4. The Balaban J connectivity index is 1.44. The van der Waals surface area contributed by atoms with Crippen LogP contribution in [0.4, 0.5) is 18.3 Å². The molecule has 2 aliphatic heterocycles. The van der Waals surface area contributed by atoms with Crippen molar-refractivity contribution in [1.29, 1.82) is 0 Å². The number of piperidine rings is 1. The predicted molar refractivity (Wildman–Crippen MR) is 117 cm³/mol. The molecule has 14 heteroatoms. The Kier molecular flexibility index (Phi) is 5.98. The van der Waals surface area contributed by atoms with Gasteiger partial charge in [-0.15, -0.1) is 0 Å². The van der Waals surface area contributed by atoms with Gasteiger partial charge in [-0.05, 0) is 25.0 Å². The number of rotatable bonds is 5. The van der Waals surface area contributed by atoms with Gasteiger partial charge in [-0.3, -0.25) is 14.7 Å². The molecule has 0 saturated carbocycles. The summed E-state index contributed by atoms with van der Waals surface area (Å²) in [7, 11) is -3.90. The molecule has 1 aromatic carbocycles. The Bertz CT molecular complexity index is 1230. The van der Waals surface area contributed by atoms with Crippen LogP contribution in [0, 0.1) is 5.92 Å². The number of halogens is 3. The van der Waals surface area contributed by atoms with Gasteiger partial charge < -0.3 is 4.74 Å². The van der Waals surface area contributed by atoms with Crippen LogP contribution in [-0.4, -0.2) is 52.2 Å². The Morgan fingerprint density at radius 1 is 1.21 bits per heavy atom. The number of likely N-dealkylation sites (tertiary alicyclic amines) is 1. The first-order valence-corrected chi connectivity index (χ1v) is 12.9. The Morgan fingerprint density at radius 3 is 2.76 bits per heavy atom. The van der Waals surface area contributed by atoms with Crippen molar-refractivity contribution in [2.45, 2.75) is 42.4 Å². The van der Waals surface area contributed by atoms with Gasteiger partial charge in [0.1, 0.15) is 12.1 Å². The largest absolute Gasteiger partial charge is 0.493 e. The van der Waals surface area contributed by atoms with E-state index in [2.05, 4.69) is 24.3 Å².